The lowest BCUT2D eigenvalue weighted by atomic mass is 9.79. The lowest BCUT2D eigenvalue weighted by Crippen LogP contribution is -2.42. The normalized spacial score (nSPS) is 21.3. The van der Waals surface area contributed by atoms with Crippen LogP contribution in [0.15, 0.2) is 41.3 Å². The van der Waals surface area contributed by atoms with E-state index in [0.29, 0.717) is 19.4 Å². The molecule has 0 spiro atoms. The summed E-state index contributed by atoms with van der Waals surface area (Å²) < 4.78 is 38.8. The van der Waals surface area contributed by atoms with Crippen LogP contribution in [0.5, 0.6) is 11.5 Å². The van der Waals surface area contributed by atoms with Crippen molar-refractivity contribution in [3.8, 4) is 11.5 Å². The summed E-state index contributed by atoms with van der Waals surface area (Å²) in [7, 11) is -2.12. The molecule has 0 saturated heterocycles. The maximum Gasteiger partial charge on any atom is 0.240 e. The van der Waals surface area contributed by atoms with Crippen molar-refractivity contribution < 1.29 is 23.0 Å². The summed E-state index contributed by atoms with van der Waals surface area (Å²) in [6, 6.07) is 10.4. The van der Waals surface area contributed by atoms with Crippen molar-refractivity contribution in [3.63, 3.8) is 0 Å². The van der Waals surface area contributed by atoms with Crippen LogP contribution in [-0.4, -0.2) is 33.8 Å². The highest BCUT2D eigenvalue weighted by atomic mass is 32.2. The molecular formula is C20H23NO5S. The Morgan fingerprint density at radius 1 is 1.19 bits per heavy atom. The van der Waals surface area contributed by atoms with Crippen molar-refractivity contribution in [2.24, 2.45) is 0 Å². The number of aryl methyl sites for hydroxylation is 1. The molecule has 7 heteroatoms. The van der Waals surface area contributed by atoms with E-state index in [1.165, 1.54) is 6.07 Å². The second-order valence-electron chi connectivity index (χ2n) is 7.10. The van der Waals surface area contributed by atoms with Gasteiger partial charge in [0.15, 0.2) is 0 Å². The molecule has 4 rings (SSSR count). The number of benzene rings is 2. The van der Waals surface area contributed by atoms with E-state index in [2.05, 4.69) is 4.72 Å². The fourth-order valence-corrected chi connectivity index (χ4v) is 5.02. The Balaban J connectivity index is 1.56. The van der Waals surface area contributed by atoms with E-state index in [9.17, 15) is 13.5 Å². The summed E-state index contributed by atoms with van der Waals surface area (Å²) in [4.78, 5) is 0.195. The van der Waals surface area contributed by atoms with E-state index in [1.807, 2.05) is 12.1 Å². The molecule has 0 saturated carbocycles. The first-order valence-electron chi connectivity index (χ1n) is 9.06. The van der Waals surface area contributed by atoms with Crippen LogP contribution in [0.1, 0.15) is 29.5 Å². The number of hydrogen-bond donors (Lipinski definition) is 2. The molecule has 144 valence electrons. The van der Waals surface area contributed by atoms with Gasteiger partial charge in [0.1, 0.15) is 17.1 Å². The van der Waals surface area contributed by atoms with Crippen LogP contribution in [0.2, 0.25) is 0 Å². The average Bonchev–Trinajstić information content (AvgIpc) is 3.14. The molecule has 2 N–H and O–H groups in total. The molecule has 0 bridgehead atoms. The quantitative estimate of drug-likeness (QED) is 0.818. The van der Waals surface area contributed by atoms with Gasteiger partial charge in [-0.2, -0.15) is 0 Å². The predicted octanol–water partition coefficient (Wildman–Crippen LogP) is 2.13. The first kappa shape index (κ1) is 18.3. The third-order valence-corrected chi connectivity index (χ3v) is 6.78. The molecule has 0 fully saturated rings. The van der Waals surface area contributed by atoms with Crippen LogP contribution >= 0.6 is 0 Å². The van der Waals surface area contributed by atoms with Crippen molar-refractivity contribution in [1.29, 1.82) is 0 Å². The summed E-state index contributed by atoms with van der Waals surface area (Å²) in [5.74, 6) is 1.47. The maximum atomic E-state index is 12.7. The number of nitrogens with one attached hydrogen (secondary N) is 1. The van der Waals surface area contributed by atoms with Crippen molar-refractivity contribution in [1.82, 2.24) is 4.72 Å². The van der Waals surface area contributed by atoms with E-state index in [1.54, 1.807) is 25.3 Å². The van der Waals surface area contributed by atoms with Gasteiger partial charge in [-0.15, -0.1) is 0 Å². The number of ether oxygens (including phenoxy) is 2. The number of methoxy groups -OCH3 is 1. The molecule has 0 radical (unpaired) electrons. The number of sulfonamides is 1. The average molecular weight is 389 g/mol. The monoisotopic (exact) mass is 389 g/mol. The van der Waals surface area contributed by atoms with Crippen molar-refractivity contribution in [2.75, 3.05) is 20.3 Å². The molecule has 6 nitrogen and oxygen atoms in total. The molecule has 1 heterocycles. The van der Waals surface area contributed by atoms with Gasteiger partial charge < -0.3 is 14.6 Å². The molecular weight excluding hydrogens is 366 g/mol. The van der Waals surface area contributed by atoms with Gasteiger partial charge in [-0.3, -0.25) is 0 Å². The van der Waals surface area contributed by atoms with Crippen molar-refractivity contribution in [2.45, 2.75) is 36.2 Å². The van der Waals surface area contributed by atoms with Gasteiger partial charge in [-0.25, -0.2) is 13.1 Å². The van der Waals surface area contributed by atoms with E-state index in [4.69, 9.17) is 9.47 Å². The fourth-order valence-electron chi connectivity index (χ4n) is 3.88. The zero-order valence-corrected chi connectivity index (χ0v) is 16.0. The van der Waals surface area contributed by atoms with Crippen molar-refractivity contribution >= 4 is 10.0 Å². The standard InChI is InChI=1S/C20H23NO5S/c1-25-16-4-6-18-14(11-16)3-2-9-20(18,22)13-21-27(23,24)17-5-7-19-15(12-17)8-10-26-19/h4-7,11-12,21-22H,2-3,8-10,13H2,1H3/t20-/m1/s1. The summed E-state index contributed by atoms with van der Waals surface area (Å²) >= 11 is 0. The Hall–Kier alpha value is -2.09. The largest absolute Gasteiger partial charge is 0.497 e. The Labute approximate surface area is 159 Å². The van der Waals surface area contributed by atoms with Gasteiger partial charge in [-0.1, -0.05) is 6.07 Å². The minimum absolute atomic E-state index is 0.0672. The van der Waals surface area contributed by atoms with Crippen LogP contribution in [0, 0.1) is 0 Å². The summed E-state index contributed by atoms with van der Waals surface area (Å²) in [5, 5.41) is 11.2. The topological polar surface area (TPSA) is 84.9 Å². The zero-order valence-electron chi connectivity index (χ0n) is 15.2. The molecule has 2 aromatic rings. The number of aliphatic hydroxyl groups is 1. The SMILES string of the molecule is COc1ccc2c(c1)CCC[C@@]2(O)CNS(=O)(=O)c1ccc2c(c1)CCO2. The van der Waals surface area contributed by atoms with Gasteiger partial charge in [-0.05, 0) is 66.3 Å². The van der Waals surface area contributed by atoms with Gasteiger partial charge in [0.25, 0.3) is 0 Å². The highest BCUT2D eigenvalue weighted by molar-refractivity contribution is 7.89. The van der Waals surface area contributed by atoms with Gasteiger partial charge in [0.05, 0.1) is 18.6 Å². The predicted molar refractivity (Wildman–Crippen MR) is 101 cm³/mol. The Morgan fingerprint density at radius 3 is 2.85 bits per heavy atom. The molecule has 1 aliphatic heterocycles. The maximum absolute atomic E-state index is 12.7. The Morgan fingerprint density at radius 2 is 2.04 bits per heavy atom. The smallest absolute Gasteiger partial charge is 0.240 e. The molecule has 0 unspecified atom stereocenters. The first-order valence-corrected chi connectivity index (χ1v) is 10.5. The second-order valence-corrected chi connectivity index (χ2v) is 8.87. The van der Waals surface area contributed by atoms with Gasteiger partial charge >= 0.3 is 0 Å². The molecule has 1 atom stereocenters. The highest BCUT2D eigenvalue weighted by Gasteiger charge is 2.36. The molecule has 2 aromatic carbocycles. The van der Waals surface area contributed by atoms with E-state index < -0.39 is 15.6 Å². The van der Waals surface area contributed by atoms with Crippen LogP contribution < -0.4 is 14.2 Å². The van der Waals surface area contributed by atoms with E-state index in [0.717, 1.165) is 41.0 Å². The van der Waals surface area contributed by atoms with Crippen LogP contribution in [0.4, 0.5) is 0 Å². The Bertz CT molecular complexity index is 972. The second kappa shape index (κ2) is 6.82. The minimum Gasteiger partial charge on any atom is -0.497 e. The third-order valence-electron chi connectivity index (χ3n) is 5.38. The lowest BCUT2D eigenvalue weighted by molar-refractivity contribution is 0.0242. The molecule has 1 aliphatic carbocycles. The molecule has 27 heavy (non-hydrogen) atoms. The van der Waals surface area contributed by atoms with Gasteiger partial charge in [0, 0.05) is 13.0 Å². The molecule has 2 aliphatic rings. The zero-order chi connectivity index (χ0) is 19.1. The highest BCUT2D eigenvalue weighted by Crippen LogP contribution is 2.37. The third kappa shape index (κ3) is 3.42. The van der Waals surface area contributed by atoms with Crippen molar-refractivity contribution in [3.05, 3.63) is 53.1 Å². The number of rotatable bonds is 5. The first-order chi connectivity index (χ1) is 12.9. The molecule has 0 aromatic heterocycles. The van der Waals surface area contributed by atoms with Crippen LogP contribution in [0.3, 0.4) is 0 Å². The Kier molecular flexibility index (Phi) is 4.61. The van der Waals surface area contributed by atoms with Crippen LogP contribution in [-0.2, 0) is 28.5 Å². The minimum atomic E-state index is -3.72. The number of hydrogen-bond acceptors (Lipinski definition) is 5. The van der Waals surface area contributed by atoms with E-state index >= 15 is 0 Å². The summed E-state index contributed by atoms with van der Waals surface area (Å²) in [6.07, 6.45) is 2.84. The summed E-state index contributed by atoms with van der Waals surface area (Å²) in [6.45, 7) is 0.508. The lowest BCUT2D eigenvalue weighted by Gasteiger charge is -2.34. The number of fused-ring (bicyclic) bond motifs is 2. The fraction of sp³-hybridized carbons (Fsp3) is 0.400. The molecule has 0 amide bonds. The summed E-state index contributed by atoms with van der Waals surface area (Å²) in [5.41, 5.74) is 1.43. The van der Waals surface area contributed by atoms with Crippen LogP contribution in [0.25, 0.3) is 0 Å². The van der Waals surface area contributed by atoms with E-state index in [-0.39, 0.29) is 11.4 Å². The van der Waals surface area contributed by atoms with Gasteiger partial charge in [0.2, 0.25) is 10.0 Å².